The first kappa shape index (κ1) is 10.0. The maximum atomic E-state index is 4.49. The number of rotatable bonds is 2. The van der Waals surface area contributed by atoms with E-state index in [4.69, 9.17) is 0 Å². The lowest BCUT2D eigenvalue weighted by Gasteiger charge is -1.98. The van der Waals surface area contributed by atoms with Crippen LogP contribution in [-0.2, 0) is 6.42 Å². The van der Waals surface area contributed by atoms with Gasteiger partial charge >= 0.3 is 0 Å². The van der Waals surface area contributed by atoms with Gasteiger partial charge in [0, 0.05) is 18.1 Å². The molecule has 5 nitrogen and oxygen atoms in total. The first-order chi connectivity index (χ1) is 8.28. The Labute approximate surface area is 98.7 Å². The molecule has 0 bridgehead atoms. The highest BCUT2D eigenvalue weighted by molar-refractivity contribution is 5.57. The van der Waals surface area contributed by atoms with Crippen LogP contribution in [0.2, 0.25) is 0 Å². The van der Waals surface area contributed by atoms with E-state index >= 15 is 0 Å². The minimum Gasteiger partial charge on any atom is -0.235 e. The molecule has 3 aromatic rings. The molecule has 0 aliphatic heterocycles. The van der Waals surface area contributed by atoms with Crippen LogP contribution in [0.5, 0.6) is 0 Å². The van der Waals surface area contributed by atoms with Crippen LogP contribution in [0.1, 0.15) is 18.2 Å². The summed E-state index contributed by atoms with van der Waals surface area (Å²) in [6, 6.07) is 1.93. The maximum Gasteiger partial charge on any atom is 0.181 e. The second-order valence-corrected chi connectivity index (χ2v) is 4.01. The summed E-state index contributed by atoms with van der Waals surface area (Å²) in [7, 11) is 0. The molecular weight excluding hydrogens is 214 g/mol. The van der Waals surface area contributed by atoms with E-state index in [0.29, 0.717) is 0 Å². The molecule has 0 amide bonds. The Morgan fingerprint density at radius 2 is 2.12 bits per heavy atom. The average molecular weight is 227 g/mol. The van der Waals surface area contributed by atoms with Crippen molar-refractivity contribution in [2.75, 3.05) is 0 Å². The van der Waals surface area contributed by atoms with Gasteiger partial charge in [-0.2, -0.15) is 10.2 Å². The van der Waals surface area contributed by atoms with E-state index in [0.717, 1.165) is 23.4 Å². The monoisotopic (exact) mass is 227 g/mol. The van der Waals surface area contributed by atoms with Gasteiger partial charge in [0.15, 0.2) is 5.65 Å². The largest absolute Gasteiger partial charge is 0.235 e. The van der Waals surface area contributed by atoms with E-state index in [1.54, 1.807) is 10.7 Å². The highest BCUT2D eigenvalue weighted by Crippen LogP contribution is 2.14. The lowest BCUT2D eigenvalue weighted by Crippen LogP contribution is -1.97. The molecular formula is C12H13N5. The molecule has 0 saturated heterocycles. The molecule has 17 heavy (non-hydrogen) atoms. The van der Waals surface area contributed by atoms with Crippen molar-refractivity contribution in [1.82, 2.24) is 24.4 Å². The van der Waals surface area contributed by atoms with Gasteiger partial charge in [0.05, 0.1) is 12.4 Å². The third kappa shape index (κ3) is 1.60. The van der Waals surface area contributed by atoms with E-state index in [2.05, 4.69) is 22.1 Å². The van der Waals surface area contributed by atoms with Crippen molar-refractivity contribution in [3.05, 3.63) is 42.1 Å². The molecule has 3 rings (SSSR count). The molecule has 0 aliphatic carbocycles. The summed E-state index contributed by atoms with van der Waals surface area (Å²) in [5, 5.41) is 8.60. The van der Waals surface area contributed by atoms with Gasteiger partial charge in [-0.15, -0.1) is 0 Å². The summed E-state index contributed by atoms with van der Waals surface area (Å²) >= 11 is 0. The van der Waals surface area contributed by atoms with Crippen LogP contribution in [0, 0.1) is 6.92 Å². The van der Waals surface area contributed by atoms with Crippen LogP contribution < -0.4 is 0 Å². The van der Waals surface area contributed by atoms with Gasteiger partial charge in [0.1, 0.15) is 5.69 Å². The molecule has 0 radical (unpaired) electrons. The number of hydrogen-bond acceptors (Lipinski definition) is 3. The number of aromatic nitrogens is 5. The molecule has 0 aromatic carbocycles. The molecule has 86 valence electrons. The third-order valence-corrected chi connectivity index (χ3v) is 2.78. The smallest absolute Gasteiger partial charge is 0.181 e. The summed E-state index contributed by atoms with van der Waals surface area (Å²) in [6.45, 7) is 4.08. The first-order valence-electron chi connectivity index (χ1n) is 5.63. The fourth-order valence-electron chi connectivity index (χ4n) is 1.78. The number of aryl methyl sites for hydroxylation is 2. The maximum absolute atomic E-state index is 4.49. The topological polar surface area (TPSA) is 48.0 Å². The Balaban J connectivity index is 2.19. The molecule has 0 saturated carbocycles. The highest BCUT2D eigenvalue weighted by Gasteiger charge is 2.08. The van der Waals surface area contributed by atoms with Crippen LogP contribution in [0.25, 0.3) is 11.3 Å². The van der Waals surface area contributed by atoms with Crippen molar-refractivity contribution in [3.63, 3.8) is 0 Å². The van der Waals surface area contributed by atoms with Crippen molar-refractivity contribution in [2.24, 2.45) is 0 Å². The zero-order chi connectivity index (χ0) is 11.8. The average Bonchev–Trinajstić information content (AvgIpc) is 2.93. The van der Waals surface area contributed by atoms with Crippen LogP contribution >= 0.6 is 0 Å². The molecule has 0 atom stereocenters. The van der Waals surface area contributed by atoms with Crippen molar-refractivity contribution in [3.8, 4) is 5.69 Å². The lowest BCUT2D eigenvalue weighted by molar-refractivity contribution is 0.882. The van der Waals surface area contributed by atoms with Crippen molar-refractivity contribution in [1.29, 1.82) is 0 Å². The van der Waals surface area contributed by atoms with Crippen molar-refractivity contribution < 1.29 is 0 Å². The molecule has 0 spiro atoms. The van der Waals surface area contributed by atoms with Crippen LogP contribution in [-0.4, -0.2) is 24.4 Å². The van der Waals surface area contributed by atoms with Crippen LogP contribution in [0.15, 0.2) is 30.9 Å². The zero-order valence-corrected chi connectivity index (χ0v) is 9.83. The Morgan fingerprint density at radius 1 is 1.24 bits per heavy atom. The summed E-state index contributed by atoms with van der Waals surface area (Å²) in [5.41, 5.74) is 3.92. The SMILES string of the molecule is CCc1cnn(-c2cnn3ccc(C)nc23)c1. The van der Waals surface area contributed by atoms with Gasteiger partial charge < -0.3 is 0 Å². The summed E-state index contributed by atoms with van der Waals surface area (Å²) < 4.78 is 3.59. The van der Waals surface area contributed by atoms with Gasteiger partial charge in [-0.25, -0.2) is 14.2 Å². The van der Waals surface area contributed by atoms with E-state index in [-0.39, 0.29) is 0 Å². The van der Waals surface area contributed by atoms with Gasteiger partial charge in [-0.1, -0.05) is 6.92 Å². The highest BCUT2D eigenvalue weighted by atomic mass is 15.3. The van der Waals surface area contributed by atoms with E-state index in [1.165, 1.54) is 5.56 Å². The zero-order valence-electron chi connectivity index (χ0n) is 9.83. The van der Waals surface area contributed by atoms with Crippen molar-refractivity contribution >= 4 is 5.65 Å². The molecule has 3 heterocycles. The van der Waals surface area contributed by atoms with E-state index < -0.39 is 0 Å². The fraction of sp³-hybridized carbons (Fsp3) is 0.250. The summed E-state index contributed by atoms with van der Waals surface area (Å²) in [6.07, 6.45) is 8.56. The normalized spacial score (nSPS) is 11.2. The standard InChI is InChI=1S/C12H13N5/c1-3-10-6-13-17(8-10)11-7-14-16-5-4-9(2)15-12(11)16/h4-8H,3H2,1-2H3. The first-order valence-corrected chi connectivity index (χ1v) is 5.63. The number of nitrogens with zero attached hydrogens (tertiary/aromatic N) is 5. The summed E-state index contributed by atoms with van der Waals surface area (Å²) in [4.78, 5) is 4.49. The molecule has 0 fully saturated rings. The van der Waals surface area contributed by atoms with Crippen molar-refractivity contribution in [2.45, 2.75) is 20.3 Å². The molecule has 5 heteroatoms. The fourth-order valence-corrected chi connectivity index (χ4v) is 1.78. The molecule has 0 aliphatic rings. The predicted molar refractivity (Wildman–Crippen MR) is 64.2 cm³/mol. The minimum absolute atomic E-state index is 0.829. The Bertz CT molecular complexity index is 664. The van der Waals surface area contributed by atoms with Gasteiger partial charge in [-0.05, 0) is 25.0 Å². The van der Waals surface area contributed by atoms with E-state index in [9.17, 15) is 0 Å². The molecule has 0 N–H and O–H groups in total. The Kier molecular flexibility index (Phi) is 2.18. The minimum atomic E-state index is 0.829. The predicted octanol–water partition coefficient (Wildman–Crippen LogP) is 1.79. The van der Waals surface area contributed by atoms with Gasteiger partial charge in [0.25, 0.3) is 0 Å². The second-order valence-electron chi connectivity index (χ2n) is 4.01. The Morgan fingerprint density at radius 3 is 2.88 bits per heavy atom. The Hall–Kier alpha value is -2.17. The molecule has 3 aromatic heterocycles. The van der Waals surface area contributed by atoms with Crippen LogP contribution in [0.3, 0.4) is 0 Å². The number of hydrogen-bond donors (Lipinski definition) is 0. The number of fused-ring (bicyclic) bond motifs is 1. The lowest BCUT2D eigenvalue weighted by atomic mass is 10.3. The summed E-state index contributed by atoms with van der Waals surface area (Å²) in [5.74, 6) is 0. The van der Waals surface area contributed by atoms with E-state index in [1.807, 2.05) is 36.3 Å². The quantitative estimate of drug-likeness (QED) is 0.670. The third-order valence-electron chi connectivity index (χ3n) is 2.78. The second kappa shape index (κ2) is 3.69. The van der Waals surface area contributed by atoms with Crippen LogP contribution in [0.4, 0.5) is 0 Å². The molecule has 0 unspecified atom stereocenters. The van der Waals surface area contributed by atoms with Gasteiger partial charge in [-0.3, -0.25) is 0 Å². The van der Waals surface area contributed by atoms with Gasteiger partial charge in [0.2, 0.25) is 0 Å².